The van der Waals surface area contributed by atoms with Crippen LogP contribution < -0.4 is 0 Å². The van der Waals surface area contributed by atoms with E-state index in [1.807, 2.05) is 0 Å². The van der Waals surface area contributed by atoms with Gasteiger partial charge in [0.05, 0.1) is 33.9 Å². The number of aliphatic hydroxyl groups is 12. The Labute approximate surface area is 703 Å². The van der Waals surface area contributed by atoms with E-state index in [0.717, 1.165) is 63.2 Å². The highest BCUT2D eigenvalue weighted by Crippen LogP contribution is 2.58. The van der Waals surface area contributed by atoms with Gasteiger partial charge in [0, 0.05) is 44.3 Å². The molecule has 8 heterocycles. The van der Waals surface area contributed by atoms with Crippen LogP contribution in [0.3, 0.4) is 0 Å². The predicted molar refractivity (Wildman–Crippen MR) is 424 cm³/mol. The number of halogens is 6. The van der Waals surface area contributed by atoms with E-state index in [1.165, 1.54) is 78.9 Å². The van der Waals surface area contributed by atoms with Crippen LogP contribution in [-0.2, 0) is 84.1 Å². The number of aromatic amines is 2. The Hall–Kier alpha value is -11.5. The number of Topliss-reactive ketones (excluding diaryl/α,β-unsaturated/α-hetero) is 12. The van der Waals surface area contributed by atoms with Gasteiger partial charge >= 0.3 is 12.4 Å². The first-order valence-corrected chi connectivity index (χ1v) is 38.2. The Kier molecular flexibility index (Phi) is 23.4. The molecule has 658 valence electrons. The molecule has 125 heavy (non-hydrogen) atoms. The number of nitrogens with zero attached hydrogens (tertiary/aromatic N) is 2. The van der Waals surface area contributed by atoms with E-state index in [-0.39, 0.29) is 78.6 Å². The molecule has 0 radical (unpaired) electrons. The summed E-state index contributed by atoms with van der Waals surface area (Å²) in [6.45, 7) is 7.66. The van der Waals surface area contributed by atoms with Gasteiger partial charge in [-0.1, -0.05) is 54.6 Å². The van der Waals surface area contributed by atoms with E-state index in [2.05, 4.69) is 9.97 Å². The fraction of sp³-hybridized carbons (Fsp3) is 0.364. The molecule has 5 aliphatic heterocycles. The normalized spacial score (nSPS) is 29.3. The van der Waals surface area contributed by atoms with E-state index >= 15 is 26.3 Å². The van der Waals surface area contributed by atoms with E-state index < -0.39 is 232 Å². The monoisotopic (exact) mass is 1740 g/mol. The molecular formula is C88H82F6N4O27. The molecule has 14 N–H and O–H groups in total. The van der Waals surface area contributed by atoms with Crippen LogP contribution >= 0.6 is 0 Å². The summed E-state index contributed by atoms with van der Waals surface area (Å²) in [6.07, 6.45) is -29.6. The Morgan fingerprint density at radius 3 is 0.744 bits per heavy atom. The SMILES string of the molecule is CC(=O)C(O)[C@H]1O[C@H](c2cccc(-c3c4nc(c(-c5cccc([C@H]6O[C@H](C(O)C(C)=O)[C@](O)(C(C)=O)[C@@](O)(C(C)=O)[C@@]6(O)C(C)=O)c5)c5ccc([nH]5)c(-c5cc(C(F)(F)F)cc(C(F)(F)F)c5)c5nc(c(-c6cccc([C@H]7O[C@H](C(O)C(C)=O)[C@](O)(C(C)=O)[C@@](O)(C(C)=O)[C@@]7(O)C(C)=O)c6)c6ccc3[nH]6)C=C5)C=C4)c2)[C@](O)(C(C)=O)[C@](O)(C(C)=O)[C@@]1(O)C(C)=O. The minimum atomic E-state index is -5.52. The van der Waals surface area contributed by atoms with Crippen LogP contribution in [0.15, 0.2) is 115 Å². The van der Waals surface area contributed by atoms with Gasteiger partial charge in [-0.05, 0) is 207 Å². The molecule has 12 rings (SSSR count). The van der Waals surface area contributed by atoms with Crippen LogP contribution in [0.5, 0.6) is 0 Å². The van der Waals surface area contributed by atoms with Crippen molar-refractivity contribution in [2.75, 3.05) is 0 Å². The maximum Gasteiger partial charge on any atom is 0.416 e. The molecule has 3 unspecified atom stereocenters. The maximum absolute atomic E-state index is 15.3. The van der Waals surface area contributed by atoms with Crippen molar-refractivity contribution in [1.29, 1.82) is 0 Å². The molecule has 31 nitrogen and oxygen atoms in total. The number of H-pyrrole nitrogens is 2. The number of ketones is 12. The number of aliphatic hydroxyl groups excluding tert-OH is 3. The van der Waals surface area contributed by atoms with Crippen molar-refractivity contribution in [3.05, 3.63) is 166 Å². The summed E-state index contributed by atoms with van der Waals surface area (Å²) in [5.74, 6) is -18.3. The van der Waals surface area contributed by atoms with Crippen molar-refractivity contribution in [2.45, 2.75) is 201 Å². The third-order valence-corrected chi connectivity index (χ3v) is 24.5. The first-order chi connectivity index (χ1) is 57.8. The number of alkyl halides is 6. The number of benzene rings is 4. The highest BCUT2D eigenvalue weighted by molar-refractivity contribution is 6.10. The molecule has 0 amide bonds. The molecule has 4 aromatic carbocycles. The largest absolute Gasteiger partial charge is 0.416 e. The van der Waals surface area contributed by atoms with Crippen molar-refractivity contribution in [1.82, 2.24) is 19.9 Å². The minimum absolute atomic E-state index is 0.125. The van der Waals surface area contributed by atoms with Crippen molar-refractivity contribution in [2.24, 2.45) is 0 Å². The van der Waals surface area contributed by atoms with E-state index in [9.17, 15) is 119 Å². The molecular weight excluding hydrogens is 1660 g/mol. The Morgan fingerprint density at radius 1 is 0.320 bits per heavy atom. The summed E-state index contributed by atoms with van der Waals surface area (Å²) >= 11 is 0. The molecule has 3 saturated heterocycles. The van der Waals surface area contributed by atoms with Gasteiger partial charge in [-0.2, -0.15) is 26.3 Å². The van der Waals surface area contributed by atoms with Gasteiger partial charge in [-0.25, -0.2) is 9.97 Å². The summed E-state index contributed by atoms with van der Waals surface area (Å²) in [4.78, 5) is 182. The zero-order valence-electron chi connectivity index (χ0n) is 68.1. The van der Waals surface area contributed by atoms with Gasteiger partial charge in [0.25, 0.3) is 0 Å². The number of carbonyl (C=O) groups is 12. The molecule has 18 atom stereocenters. The Morgan fingerprint density at radius 2 is 0.544 bits per heavy atom. The number of carbonyl (C=O) groups excluding carboxylic acids is 12. The number of ether oxygens (including phenoxy) is 3. The van der Waals surface area contributed by atoms with Gasteiger partial charge in [0.2, 0.25) is 0 Å². The second kappa shape index (κ2) is 31.6. The van der Waals surface area contributed by atoms with Crippen molar-refractivity contribution >= 4 is 116 Å². The lowest BCUT2D eigenvalue weighted by atomic mass is 9.57. The summed E-state index contributed by atoms with van der Waals surface area (Å²) in [5, 5.41) is 149. The molecule has 3 fully saturated rings. The van der Waals surface area contributed by atoms with Crippen molar-refractivity contribution in [3.63, 3.8) is 0 Å². The van der Waals surface area contributed by atoms with Gasteiger partial charge < -0.3 is 85.5 Å². The zero-order valence-corrected chi connectivity index (χ0v) is 68.1. The Bertz CT molecular complexity index is 5930. The average molecular weight is 1740 g/mol. The quantitative estimate of drug-likeness (QED) is 0.0377. The van der Waals surface area contributed by atoms with E-state index in [4.69, 9.17) is 24.2 Å². The predicted octanol–water partition coefficient (Wildman–Crippen LogP) is 5.41. The number of fused-ring (bicyclic) bond motifs is 8. The number of aromatic nitrogens is 4. The molecule has 7 aromatic rings. The smallest absolute Gasteiger partial charge is 0.382 e. The van der Waals surface area contributed by atoms with Crippen LogP contribution in [-0.4, -0.2) is 238 Å². The number of nitrogens with one attached hydrogen (secondary N) is 2. The van der Waals surface area contributed by atoms with Gasteiger partial charge in [0.15, 0.2) is 120 Å². The second-order valence-corrected chi connectivity index (χ2v) is 31.9. The lowest BCUT2D eigenvalue weighted by Gasteiger charge is -2.58. The van der Waals surface area contributed by atoms with Crippen LogP contribution in [0.25, 0.3) is 90.9 Å². The Balaban J connectivity index is 1.26. The standard InChI is InChI=1S/C88H82F6N4O27/c1-36(99)69(111)75-81(117,42(7)105)84(120,45(10)108)78(114,39(4)102)72(123-75)51-19-13-16-48(30-51)65-57-22-24-59(95-57)66(49-17-14-20-52(31-49)73-79(115,40(5)103)85(121,46(11)109)82(118,43(8)106)76(124-73)70(112)37(2)100)61-26-28-63(97-61)68(54-33-55(87(89,90)91)35-56(34-54)88(92,93)94)64-29-27-62(98-64)67(60-25-23-58(65)96-60)50-18-15-21-53(32-50)74-80(116,41(6)104)86(122,47(12)110)83(119,44(9)107)77(125-74)71(113)38(3)101/h13-35,69-77,95,98,111-122H,1-12H3/t69?,70?,71?,72-,73-,74-,75-,76-,77-,78-,79-,80-,81-,82-,83-,84-,85-,86-/m1/s1. The van der Waals surface area contributed by atoms with Gasteiger partial charge in [-0.15, -0.1) is 0 Å². The highest BCUT2D eigenvalue weighted by Gasteiger charge is 2.82. The van der Waals surface area contributed by atoms with Crippen LogP contribution in [0.4, 0.5) is 26.3 Å². The van der Waals surface area contributed by atoms with Crippen LogP contribution in [0, 0.1) is 0 Å². The lowest BCUT2D eigenvalue weighted by Crippen LogP contribution is -2.85. The lowest BCUT2D eigenvalue weighted by molar-refractivity contribution is -0.329. The zero-order chi connectivity index (χ0) is 93.0. The average Bonchev–Trinajstić information content (AvgIpc) is 0.821. The summed E-state index contributed by atoms with van der Waals surface area (Å²) in [7, 11) is 0. The first-order valence-electron chi connectivity index (χ1n) is 38.2. The summed E-state index contributed by atoms with van der Waals surface area (Å²) < 4.78 is 110. The van der Waals surface area contributed by atoms with Crippen molar-refractivity contribution < 1.29 is 159 Å². The number of rotatable bonds is 22. The number of hydrogen-bond acceptors (Lipinski definition) is 29. The topological polar surface area (TPSA) is 533 Å². The summed E-state index contributed by atoms with van der Waals surface area (Å²) in [5.41, 5.74) is -44.5. The van der Waals surface area contributed by atoms with E-state index in [0.29, 0.717) is 74.4 Å². The third kappa shape index (κ3) is 13.5. The third-order valence-electron chi connectivity index (χ3n) is 24.5. The van der Waals surface area contributed by atoms with Gasteiger partial charge in [0.1, 0.15) is 54.9 Å². The van der Waals surface area contributed by atoms with E-state index in [1.54, 1.807) is 0 Å². The van der Waals surface area contributed by atoms with Gasteiger partial charge in [-0.3, -0.25) is 57.5 Å². The van der Waals surface area contributed by atoms with Crippen molar-refractivity contribution in [3.8, 4) is 44.5 Å². The molecule has 8 bridgehead atoms. The first kappa shape index (κ1) is 92.7. The molecule has 0 saturated carbocycles. The molecule has 37 heteroatoms. The molecule has 3 aromatic heterocycles. The fourth-order valence-electron chi connectivity index (χ4n) is 18.0. The maximum atomic E-state index is 15.3. The molecule has 0 aliphatic carbocycles. The molecule has 5 aliphatic rings. The summed E-state index contributed by atoms with van der Waals surface area (Å²) in [6, 6.07) is 20.0. The number of hydrogen-bond donors (Lipinski definition) is 14. The highest BCUT2D eigenvalue weighted by atomic mass is 19.4. The second-order valence-electron chi connectivity index (χ2n) is 31.9. The molecule has 0 spiro atoms. The van der Waals surface area contributed by atoms with Crippen LogP contribution in [0.2, 0.25) is 0 Å². The fourth-order valence-corrected chi connectivity index (χ4v) is 18.0. The van der Waals surface area contributed by atoms with Crippen LogP contribution in [0.1, 0.15) is 152 Å². The minimum Gasteiger partial charge on any atom is -0.382 e.